The molecule has 0 N–H and O–H groups in total. The molecule has 0 radical (unpaired) electrons. The average molecular weight is 596 g/mol. The van der Waals surface area contributed by atoms with Crippen LogP contribution in [-0.4, -0.2) is 35.3 Å². The average Bonchev–Trinajstić information content (AvgIpc) is 3.07. The number of hydrogen-bond acceptors (Lipinski definition) is 6. The number of rotatable bonds is 18. The van der Waals surface area contributed by atoms with Crippen LogP contribution in [0.4, 0.5) is 0 Å². The molecule has 0 fully saturated rings. The molecule has 0 amide bonds. The second-order valence-corrected chi connectivity index (χ2v) is 11.1. The van der Waals surface area contributed by atoms with E-state index in [1.54, 1.807) is 7.11 Å². The molecule has 1 aromatic heterocycles. The number of para-hydroxylation sites is 3. The van der Waals surface area contributed by atoms with Gasteiger partial charge in [0, 0.05) is 0 Å². The topological polar surface area (TPSA) is 66.4 Å². The Bertz CT molecular complexity index is 1390. The predicted molar refractivity (Wildman–Crippen MR) is 181 cm³/mol. The van der Waals surface area contributed by atoms with Crippen molar-refractivity contribution in [3.8, 4) is 51.4 Å². The van der Waals surface area contributed by atoms with Gasteiger partial charge >= 0.3 is 0 Å². The van der Waals surface area contributed by atoms with Gasteiger partial charge in [-0.3, -0.25) is 0 Å². The van der Waals surface area contributed by atoms with E-state index >= 15 is 0 Å². The molecule has 6 nitrogen and oxygen atoms in total. The van der Waals surface area contributed by atoms with Gasteiger partial charge in [0.05, 0.1) is 37.0 Å². The van der Waals surface area contributed by atoms with Gasteiger partial charge in [0.1, 0.15) is 17.2 Å². The summed E-state index contributed by atoms with van der Waals surface area (Å²) in [5.41, 5.74) is 4.83. The lowest BCUT2D eigenvalue weighted by atomic mass is 10.0. The summed E-state index contributed by atoms with van der Waals surface area (Å²) in [6.45, 7) is 10.1. The third-order valence-corrected chi connectivity index (χ3v) is 7.91. The van der Waals surface area contributed by atoms with Crippen LogP contribution in [0, 0.1) is 0 Å². The van der Waals surface area contributed by atoms with E-state index in [0.717, 1.165) is 77.8 Å². The zero-order chi connectivity index (χ0) is 31.1. The molecule has 0 aliphatic carbocycles. The molecule has 234 valence electrons. The van der Waals surface area contributed by atoms with Crippen LogP contribution in [-0.2, 0) is 12.8 Å². The summed E-state index contributed by atoms with van der Waals surface area (Å²) >= 11 is 0. The van der Waals surface area contributed by atoms with Crippen LogP contribution < -0.4 is 14.2 Å². The lowest BCUT2D eigenvalue weighted by Gasteiger charge is -2.18. The zero-order valence-electron chi connectivity index (χ0n) is 27.3. The third-order valence-electron chi connectivity index (χ3n) is 7.91. The standard InChI is InChI=1S/C38H49N3O3/c1-6-10-12-16-26-43-34-28(8-3)20-18-23-31(34)37-39-36(30-22-14-15-25-33(30)42-5)40-38(41-37)32-24-19-21-29(9-4)35(32)44-27-17-13-11-7-2/h14-15,18-25H,6-13,16-17,26-27H2,1-5H3. The van der Waals surface area contributed by atoms with Crippen molar-refractivity contribution in [3.63, 3.8) is 0 Å². The fraction of sp³-hybridized carbons (Fsp3) is 0.447. The van der Waals surface area contributed by atoms with E-state index in [9.17, 15) is 0 Å². The Morgan fingerprint density at radius 2 is 0.955 bits per heavy atom. The van der Waals surface area contributed by atoms with Gasteiger partial charge in [-0.15, -0.1) is 0 Å². The highest BCUT2D eigenvalue weighted by Gasteiger charge is 2.21. The number of hydrogen-bond donors (Lipinski definition) is 0. The summed E-state index contributed by atoms with van der Waals surface area (Å²) in [5, 5.41) is 0. The van der Waals surface area contributed by atoms with E-state index in [1.165, 1.54) is 25.7 Å². The highest BCUT2D eigenvalue weighted by Crippen LogP contribution is 2.38. The maximum Gasteiger partial charge on any atom is 0.167 e. The molecular formula is C38H49N3O3. The molecule has 0 saturated carbocycles. The van der Waals surface area contributed by atoms with Gasteiger partial charge in [0.25, 0.3) is 0 Å². The highest BCUT2D eigenvalue weighted by atomic mass is 16.5. The largest absolute Gasteiger partial charge is 0.496 e. The van der Waals surface area contributed by atoms with E-state index < -0.39 is 0 Å². The lowest BCUT2D eigenvalue weighted by molar-refractivity contribution is 0.303. The number of ether oxygens (including phenoxy) is 3. The molecule has 0 spiro atoms. The van der Waals surface area contributed by atoms with Crippen LogP contribution in [0.5, 0.6) is 17.2 Å². The molecule has 0 aliphatic rings. The van der Waals surface area contributed by atoms with Crippen molar-refractivity contribution >= 4 is 0 Å². The predicted octanol–water partition coefficient (Wildman–Crippen LogP) is 9.92. The van der Waals surface area contributed by atoms with Gasteiger partial charge in [-0.1, -0.05) is 103 Å². The first kappa shape index (κ1) is 33.0. The van der Waals surface area contributed by atoms with Crippen molar-refractivity contribution in [1.82, 2.24) is 15.0 Å². The minimum Gasteiger partial charge on any atom is -0.496 e. The minimum atomic E-state index is 0.550. The quantitative estimate of drug-likeness (QED) is 0.107. The summed E-state index contributed by atoms with van der Waals surface area (Å²) in [7, 11) is 1.67. The zero-order valence-corrected chi connectivity index (χ0v) is 27.3. The molecule has 0 aliphatic heterocycles. The van der Waals surface area contributed by atoms with E-state index in [1.807, 2.05) is 24.3 Å². The number of methoxy groups -OCH3 is 1. The Balaban J connectivity index is 1.86. The molecular weight excluding hydrogens is 546 g/mol. The molecule has 0 bridgehead atoms. The fourth-order valence-corrected chi connectivity index (χ4v) is 5.39. The molecule has 0 atom stereocenters. The Morgan fingerprint density at radius 3 is 1.41 bits per heavy atom. The minimum absolute atomic E-state index is 0.550. The van der Waals surface area contributed by atoms with Crippen LogP contribution in [0.25, 0.3) is 34.2 Å². The first-order chi connectivity index (χ1) is 21.6. The normalized spacial score (nSPS) is 11.0. The number of aryl methyl sites for hydroxylation is 2. The first-order valence-corrected chi connectivity index (χ1v) is 16.5. The van der Waals surface area contributed by atoms with E-state index in [4.69, 9.17) is 29.2 Å². The Labute approximate surface area is 264 Å². The summed E-state index contributed by atoms with van der Waals surface area (Å²) in [4.78, 5) is 15.2. The highest BCUT2D eigenvalue weighted by molar-refractivity contribution is 5.75. The lowest BCUT2D eigenvalue weighted by Crippen LogP contribution is -2.07. The van der Waals surface area contributed by atoms with Crippen LogP contribution in [0.15, 0.2) is 60.7 Å². The van der Waals surface area contributed by atoms with Gasteiger partial charge in [0.2, 0.25) is 0 Å². The van der Waals surface area contributed by atoms with Crippen molar-refractivity contribution in [3.05, 3.63) is 71.8 Å². The molecule has 1 heterocycles. The molecule has 4 aromatic rings. The number of benzene rings is 3. The first-order valence-electron chi connectivity index (χ1n) is 16.5. The van der Waals surface area contributed by atoms with E-state index in [2.05, 4.69) is 64.1 Å². The smallest absolute Gasteiger partial charge is 0.167 e. The number of unbranched alkanes of at least 4 members (excludes halogenated alkanes) is 6. The van der Waals surface area contributed by atoms with Gasteiger partial charge in [-0.25, -0.2) is 15.0 Å². The maximum absolute atomic E-state index is 6.49. The second kappa shape index (κ2) is 17.4. The summed E-state index contributed by atoms with van der Waals surface area (Å²) in [5.74, 6) is 4.11. The molecule has 6 heteroatoms. The summed E-state index contributed by atoms with van der Waals surface area (Å²) in [6.07, 6.45) is 10.9. The molecule has 3 aromatic carbocycles. The van der Waals surface area contributed by atoms with Gasteiger partial charge < -0.3 is 14.2 Å². The molecule has 44 heavy (non-hydrogen) atoms. The van der Waals surface area contributed by atoms with Gasteiger partial charge in [0.15, 0.2) is 17.5 Å². The number of nitrogens with zero attached hydrogens (tertiary/aromatic N) is 3. The van der Waals surface area contributed by atoms with Crippen molar-refractivity contribution in [2.24, 2.45) is 0 Å². The molecule has 4 rings (SSSR count). The van der Waals surface area contributed by atoms with Crippen LogP contribution in [0.1, 0.15) is 90.2 Å². The van der Waals surface area contributed by atoms with Gasteiger partial charge in [-0.2, -0.15) is 0 Å². The monoisotopic (exact) mass is 595 g/mol. The number of aromatic nitrogens is 3. The summed E-state index contributed by atoms with van der Waals surface area (Å²) in [6, 6.07) is 20.3. The third kappa shape index (κ3) is 8.37. The van der Waals surface area contributed by atoms with Crippen LogP contribution >= 0.6 is 0 Å². The molecule has 0 unspecified atom stereocenters. The van der Waals surface area contributed by atoms with E-state index in [0.29, 0.717) is 36.4 Å². The Hall–Kier alpha value is -3.93. The fourth-order valence-electron chi connectivity index (χ4n) is 5.39. The SMILES string of the molecule is CCCCCCOc1c(CC)cccc1-c1nc(-c2ccccc2OC)nc(-c2cccc(CC)c2OCCCCCC)n1. The summed E-state index contributed by atoms with van der Waals surface area (Å²) < 4.78 is 18.7. The van der Waals surface area contributed by atoms with Crippen LogP contribution in [0.2, 0.25) is 0 Å². The van der Waals surface area contributed by atoms with Crippen LogP contribution in [0.3, 0.4) is 0 Å². The maximum atomic E-state index is 6.49. The Kier molecular flexibility index (Phi) is 13.0. The van der Waals surface area contributed by atoms with Crippen molar-refractivity contribution in [2.45, 2.75) is 91.9 Å². The van der Waals surface area contributed by atoms with E-state index in [-0.39, 0.29) is 0 Å². The molecule has 0 saturated heterocycles. The van der Waals surface area contributed by atoms with Gasteiger partial charge in [-0.05, 0) is 61.1 Å². The van der Waals surface area contributed by atoms with Crippen molar-refractivity contribution < 1.29 is 14.2 Å². The van der Waals surface area contributed by atoms with Crippen molar-refractivity contribution in [2.75, 3.05) is 20.3 Å². The van der Waals surface area contributed by atoms with Crippen molar-refractivity contribution in [1.29, 1.82) is 0 Å². The second-order valence-electron chi connectivity index (χ2n) is 11.1. The Morgan fingerprint density at radius 1 is 0.500 bits per heavy atom.